The fourth-order valence-corrected chi connectivity index (χ4v) is 4.83. The lowest BCUT2D eigenvalue weighted by atomic mass is 9.90. The van der Waals surface area contributed by atoms with Crippen LogP contribution >= 0.6 is 27.3 Å². The van der Waals surface area contributed by atoms with Crippen LogP contribution in [-0.4, -0.2) is 28.7 Å². The van der Waals surface area contributed by atoms with Gasteiger partial charge in [0.1, 0.15) is 10.7 Å². The van der Waals surface area contributed by atoms with Gasteiger partial charge in [-0.1, -0.05) is 23.4 Å². The van der Waals surface area contributed by atoms with E-state index in [2.05, 4.69) is 55.6 Å². The van der Waals surface area contributed by atoms with Crippen molar-refractivity contribution in [3.8, 4) is 0 Å². The molecular formula is C17H19BrN2OS. The van der Waals surface area contributed by atoms with Crippen LogP contribution in [0.25, 0.3) is 10.1 Å². The van der Waals surface area contributed by atoms with Gasteiger partial charge >= 0.3 is 0 Å². The summed E-state index contributed by atoms with van der Waals surface area (Å²) >= 11 is 5.29. The Balaban J connectivity index is 1.37. The summed E-state index contributed by atoms with van der Waals surface area (Å²) in [5.74, 6) is 0.646. The molecule has 0 unspecified atom stereocenters. The van der Waals surface area contributed by atoms with Crippen LogP contribution in [0.3, 0.4) is 0 Å². The number of hydrogen-bond donors (Lipinski definition) is 0. The Morgan fingerprint density at radius 2 is 2.14 bits per heavy atom. The van der Waals surface area contributed by atoms with Crippen molar-refractivity contribution in [2.24, 2.45) is 11.1 Å². The molecule has 5 heteroatoms. The molecule has 3 nitrogen and oxygen atoms in total. The predicted molar refractivity (Wildman–Crippen MR) is 95.7 cm³/mol. The zero-order valence-corrected chi connectivity index (χ0v) is 14.8. The molecule has 1 fully saturated rings. The lowest BCUT2D eigenvalue weighted by Gasteiger charge is -2.33. The number of benzene rings is 1. The highest BCUT2D eigenvalue weighted by molar-refractivity contribution is 9.18. The summed E-state index contributed by atoms with van der Waals surface area (Å²) in [5, 5.41) is 7.59. The Kier molecular flexibility index (Phi) is 4.20. The fraction of sp³-hybridized carbons (Fsp3) is 0.471. The van der Waals surface area contributed by atoms with E-state index >= 15 is 0 Å². The summed E-state index contributed by atoms with van der Waals surface area (Å²) in [6.45, 7) is 3.38. The SMILES string of the molecule is BrC1=NO[C@@H](C2CCN(Cc3cccc4ccsc34)CC2)C1. The molecule has 116 valence electrons. The van der Waals surface area contributed by atoms with E-state index < -0.39 is 0 Å². The number of fused-ring (bicyclic) bond motifs is 1. The van der Waals surface area contributed by atoms with Crippen LogP contribution in [0.15, 0.2) is 34.8 Å². The zero-order chi connectivity index (χ0) is 14.9. The second-order valence-corrected chi connectivity index (χ2v) is 8.02. The van der Waals surface area contributed by atoms with Crippen LogP contribution < -0.4 is 0 Å². The molecule has 0 spiro atoms. The summed E-state index contributed by atoms with van der Waals surface area (Å²) < 4.78 is 2.41. The molecule has 2 aromatic rings. The monoisotopic (exact) mass is 378 g/mol. The lowest BCUT2D eigenvalue weighted by molar-refractivity contribution is 0.0128. The Labute approximate surface area is 143 Å². The highest BCUT2D eigenvalue weighted by Crippen LogP contribution is 2.31. The number of piperidine rings is 1. The van der Waals surface area contributed by atoms with Crippen molar-refractivity contribution >= 4 is 42.0 Å². The van der Waals surface area contributed by atoms with Crippen molar-refractivity contribution in [3.05, 3.63) is 35.2 Å². The van der Waals surface area contributed by atoms with Crippen LogP contribution in [0.2, 0.25) is 0 Å². The number of rotatable bonds is 3. The molecule has 22 heavy (non-hydrogen) atoms. The normalized spacial score (nSPS) is 23.7. The maximum absolute atomic E-state index is 5.53. The number of hydrogen-bond acceptors (Lipinski definition) is 4. The Hall–Kier alpha value is -0.910. The third kappa shape index (κ3) is 2.94. The van der Waals surface area contributed by atoms with Gasteiger partial charge in [-0.15, -0.1) is 11.3 Å². The quantitative estimate of drug-likeness (QED) is 0.778. The average Bonchev–Trinajstić information content (AvgIpc) is 3.17. The summed E-state index contributed by atoms with van der Waals surface area (Å²) in [7, 11) is 0. The zero-order valence-electron chi connectivity index (χ0n) is 12.4. The van der Waals surface area contributed by atoms with E-state index in [0.717, 1.165) is 30.7 Å². The largest absolute Gasteiger partial charge is 0.391 e. The molecule has 1 aromatic carbocycles. The van der Waals surface area contributed by atoms with Crippen LogP contribution in [0, 0.1) is 5.92 Å². The molecule has 3 heterocycles. The average molecular weight is 379 g/mol. The van der Waals surface area contributed by atoms with E-state index in [1.165, 1.54) is 28.5 Å². The summed E-state index contributed by atoms with van der Waals surface area (Å²) in [5.41, 5.74) is 1.47. The maximum atomic E-state index is 5.53. The van der Waals surface area contributed by atoms with Gasteiger partial charge in [0.05, 0.1) is 0 Å². The molecule has 4 rings (SSSR count). The predicted octanol–water partition coefficient (Wildman–Crippen LogP) is 4.61. The number of nitrogens with zero attached hydrogens (tertiary/aromatic N) is 2. The minimum atomic E-state index is 0.289. The number of oxime groups is 1. The molecule has 0 radical (unpaired) electrons. The van der Waals surface area contributed by atoms with Gasteiger partial charge in [0.2, 0.25) is 0 Å². The highest BCUT2D eigenvalue weighted by Gasteiger charge is 2.31. The minimum Gasteiger partial charge on any atom is -0.391 e. The van der Waals surface area contributed by atoms with Crippen molar-refractivity contribution in [2.75, 3.05) is 13.1 Å². The highest BCUT2D eigenvalue weighted by atomic mass is 79.9. The van der Waals surface area contributed by atoms with Gasteiger partial charge in [-0.3, -0.25) is 4.90 Å². The molecule has 1 aromatic heterocycles. The van der Waals surface area contributed by atoms with Crippen LogP contribution in [0.4, 0.5) is 0 Å². The van der Waals surface area contributed by atoms with Gasteiger partial charge in [-0.05, 0) is 64.3 Å². The van der Waals surface area contributed by atoms with Crippen LogP contribution in [0.1, 0.15) is 24.8 Å². The first-order valence-corrected chi connectivity index (χ1v) is 9.52. The second kappa shape index (κ2) is 6.30. The molecule has 1 saturated heterocycles. The topological polar surface area (TPSA) is 24.8 Å². The van der Waals surface area contributed by atoms with Gasteiger partial charge in [-0.25, -0.2) is 0 Å². The van der Waals surface area contributed by atoms with E-state index in [1.54, 1.807) is 0 Å². The first kappa shape index (κ1) is 14.7. The van der Waals surface area contributed by atoms with Crippen molar-refractivity contribution in [1.29, 1.82) is 0 Å². The maximum Gasteiger partial charge on any atom is 0.136 e. The van der Waals surface area contributed by atoms with Crippen molar-refractivity contribution in [1.82, 2.24) is 4.90 Å². The third-order valence-electron chi connectivity index (χ3n) is 4.77. The summed E-state index contributed by atoms with van der Waals surface area (Å²) in [4.78, 5) is 8.11. The van der Waals surface area contributed by atoms with Crippen molar-refractivity contribution in [3.63, 3.8) is 0 Å². The number of likely N-dealkylation sites (tertiary alicyclic amines) is 1. The lowest BCUT2D eigenvalue weighted by Crippen LogP contribution is -2.37. The smallest absolute Gasteiger partial charge is 0.136 e. The number of thiophene rings is 1. The minimum absolute atomic E-state index is 0.289. The third-order valence-corrected chi connectivity index (χ3v) is 6.24. The molecule has 1 atom stereocenters. The Morgan fingerprint density at radius 3 is 2.91 bits per heavy atom. The van der Waals surface area contributed by atoms with Gasteiger partial charge in [0.15, 0.2) is 0 Å². The van der Waals surface area contributed by atoms with Crippen LogP contribution in [0.5, 0.6) is 0 Å². The molecule has 0 N–H and O–H groups in total. The van der Waals surface area contributed by atoms with Gasteiger partial charge in [0, 0.05) is 23.6 Å². The summed E-state index contributed by atoms with van der Waals surface area (Å²) in [6, 6.07) is 8.87. The Morgan fingerprint density at radius 1 is 1.27 bits per heavy atom. The van der Waals surface area contributed by atoms with Gasteiger partial charge < -0.3 is 4.84 Å². The van der Waals surface area contributed by atoms with E-state index in [1.807, 2.05) is 11.3 Å². The second-order valence-electron chi connectivity index (χ2n) is 6.19. The number of halogens is 1. The van der Waals surface area contributed by atoms with Gasteiger partial charge in [0.25, 0.3) is 0 Å². The first-order chi connectivity index (χ1) is 10.8. The molecule has 0 aliphatic carbocycles. The van der Waals surface area contributed by atoms with E-state index in [4.69, 9.17) is 4.84 Å². The Bertz CT molecular complexity index is 691. The molecular weight excluding hydrogens is 360 g/mol. The molecule has 0 amide bonds. The first-order valence-electron chi connectivity index (χ1n) is 7.85. The molecule has 2 aliphatic heterocycles. The fourth-order valence-electron chi connectivity index (χ4n) is 3.52. The molecule has 2 aliphatic rings. The van der Waals surface area contributed by atoms with E-state index in [0.29, 0.717) is 5.92 Å². The van der Waals surface area contributed by atoms with E-state index in [9.17, 15) is 0 Å². The summed E-state index contributed by atoms with van der Waals surface area (Å²) in [6.07, 6.45) is 3.65. The standard InChI is InChI=1S/C17H19BrN2OS/c18-16-10-15(21-19-16)12-4-7-20(8-5-12)11-14-3-1-2-13-6-9-22-17(13)14/h1-3,6,9,12,15H,4-5,7-8,10-11H2/t15-/m1/s1. The van der Waals surface area contributed by atoms with Crippen molar-refractivity contribution in [2.45, 2.75) is 31.9 Å². The molecule has 0 saturated carbocycles. The van der Waals surface area contributed by atoms with Crippen molar-refractivity contribution < 1.29 is 4.84 Å². The van der Waals surface area contributed by atoms with E-state index in [-0.39, 0.29) is 6.10 Å². The molecule has 0 bridgehead atoms. The van der Waals surface area contributed by atoms with Gasteiger partial charge in [-0.2, -0.15) is 0 Å². The van der Waals surface area contributed by atoms with Crippen LogP contribution in [-0.2, 0) is 11.4 Å².